The molecule has 5 heteroatoms. The van der Waals surface area contributed by atoms with Gasteiger partial charge in [0.05, 0.1) is 4.92 Å². The molecule has 1 aliphatic carbocycles. The predicted molar refractivity (Wildman–Crippen MR) is 77.7 cm³/mol. The van der Waals surface area contributed by atoms with E-state index in [-0.39, 0.29) is 10.6 Å². The molecule has 1 aromatic carbocycles. The number of nitrogens with zero attached hydrogens (tertiary/aromatic N) is 1. The van der Waals surface area contributed by atoms with Gasteiger partial charge in [-0.05, 0) is 24.8 Å². The molecular formula is C14H21N3O2. The van der Waals surface area contributed by atoms with Crippen molar-refractivity contribution in [2.45, 2.75) is 38.6 Å². The average molecular weight is 263 g/mol. The lowest BCUT2D eigenvalue weighted by atomic mass is 9.87. The van der Waals surface area contributed by atoms with E-state index in [1.54, 1.807) is 19.2 Å². The second-order valence-electron chi connectivity index (χ2n) is 5.39. The van der Waals surface area contributed by atoms with Gasteiger partial charge in [0.1, 0.15) is 0 Å². The van der Waals surface area contributed by atoms with Gasteiger partial charge in [-0.1, -0.05) is 19.8 Å². The molecule has 1 fully saturated rings. The number of hydrogen-bond donors (Lipinski definition) is 2. The largest absolute Gasteiger partial charge is 0.388 e. The van der Waals surface area contributed by atoms with Crippen LogP contribution in [0.25, 0.3) is 0 Å². The van der Waals surface area contributed by atoms with E-state index < -0.39 is 0 Å². The van der Waals surface area contributed by atoms with Gasteiger partial charge in [0, 0.05) is 36.6 Å². The molecule has 0 aliphatic heterocycles. The molecule has 19 heavy (non-hydrogen) atoms. The summed E-state index contributed by atoms with van der Waals surface area (Å²) in [5.41, 5.74) is 1.72. The van der Waals surface area contributed by atoms with Crippen molar-refractivity contribution in [1.29, 1.82) is 0 Å². The van der Waals surface area contributed by atoms with Crippen LogP contribution in [-0.4, -0.2) is 18.0 Å². The van der Waals surface area contributed by atoms with E-state index >= 15 is 0 Å². The standard InChI is InChI=1S/C14H21N3O2/c1-10-4-3-5-11(6-10)16-13-7-12(15-2)8-14(9-13)17(18)19/h7-11,15-16H,3-6H2,1-2H3. The smallest absolute Gasteiger partial charge is 0.273 e. The number of benzene rings is 1. The van der Waals surface area contributed by atoms with Crippen LogP contribution in [0, 0.1) is 16.0 Å². The third kappa shape index (κ3) is 3.59. The minimum atomic E-state index is -0.352. The lowest BCUT2D eigenvalue weighted by Crippen LogP contribution is -2.26. The van der Waals surface area contributed by atoms with Crippen molar-refractivity contribution in [2.24, 2.45) is 5.92 Å². The predicted octanol–water partition coefficient (Wildman–Crippen LogP) is 3.63. The molecule has 104 valence electrons. The molecule has 5 nitrogen and oxygen atoms in total. The number of anilines is 2. The molecule has 1 saturated carbocycles. The third-order valence-electron chi connectivity index (χ3n) is 3.72. The first kappa shape index (κ1) is 13.6. The molecule has 0 heterocycles. The van der Waals surface area contributed by atoms with Gasteiger partial charge in [-0.15, -0.1) is 0 Å². The summed E-state index contributed by atoms with van der Waals surface area (Å²) in [6, 6.07) is 5.51. The summed E-state index contributed by atoms with van der Waals surface area (Å²) in [7, 11) is 1.77. The summed E-state index contributed by atoms with van der Waals surface area (Å²) in [4.78, 5) is 10.6. The maximum absolute atomic E-state index is 10.9. The Kier molecular flexibility index (Phi) is 4.24. The summed E-state index contributed by atoms with van der Waals surface area (Å²) >= 11 is 0. The van der Waals surface area contributed by atoms with E-state index in [1.807, 2.05) is 6.07 Å². The molecule has 2 rings (SSSR count). The van der Waals surface area contributed by atoms with Crippen molar-refractivity contribution in [3.63, 3.8) is 0 Å². The van der Waals surface area contributed by atoms with Crippen molar-refractivity contribution in [3.05, 3.63) is 28.3 Å². The van der Waals surface area contributed by atoms with Crippen LogP contribution >= 0.6 is 0 Å². The Morgan fingerprint density at radius 1 is 1.26 bits per heavy atom. The van der Waals surface area contributed by atoms with Gasteiger partial charge in [-0.25, -0.2) is 0 Å². The first-order valence-electron chi connectivity index (χ1n) is 6.82. The van der Waals surface area contributed by atoms with Gasteiger partial charge in [-0.3, -0.25) is 10.1 Å². The molecule has 1 aliphatic rings. The normalized spacial score (nSPS) is 22.8. The molecule has 0 bridgehead atoms. The van der Waals surface area contributed by atoms with E-state index in [2.05, 4.69) is 17.6 Å². The van der Waals surface area contributed by atoms with Gasteiger partial charge >= 0.3 is 0 Å². The molecular weight excluding hydrogens is 242 g/mol. The average Bonchev–Trinajstić information content (AvgIpc) is 2.38. The zero-order valence-corrected chi connectivity index (χ0v) is 11.5. The highest BCUT2D eigenvalue weighted by molar-refractivity contribution is 5.63. The van der Waals surface area contributed by atoms with Crippen LogP contribution < -0.4 is 10.6 Å². The van der Waals surface area contributed by atoms with E-state index in [9.17, 15) is 10.1 Å². The minimum absolute atomic E-state index is 0.123. The highest BCUT2D eigenvalue weighted by atomic mass is 16.6. The van der Waals surface area contributed by atoms with Crippen LogP contribution in [0.5, 0.6) is 0 Å². The highest BCUT2D eigenvalue weighted by Crippen LogP contribution is 2.29. The van der Waals surface area contributed by atoms with Crippen LogP contribution in [0.1, 0.15) is 32.6 Å². The number of nitro benzene ring substituents is 1. The Morgan fingerprint density at radius 2 is 2.00 bits per heavy atom. The van der Waals surface area contributed by atoms with Gasteiger partial charge < -0.3 is 10.6 Å². The molecule has 0 radical (unpaired) electrons. The Balaban J connectivity index is 2.14. The third-order valence-corrected chi connectivity index (χ3v) is 3.72. The number of hydrogen-bond acceptors (Lipinski definition) is 4. The molecule has 0 saturated heterocycles. The maximum atomic E-state index is 10.9. The summed E-state index contributed by atoms with van der Waals surface area (Å²) in [5.74, 6) is 0.730. The summed E-state index contributed by atoms with van der Waals surface area (Å²) in [5, 5.41) is 17.3. The fourth-order valence-corrected chi connectivity index (χ4v) is 2.75. The summed E-state index contributed by atoms with van der Waals surface area (Å²) in [6.45, 7) is 2.26. The van der Waals surface area contributed by atoms with Crippen molar-refractivity contribution in [1.82, 2.24) is 0 Å². The van der Waals surface area contributed by atoms with E-state index in [1.165, 1.54) is 12.8 Å². The fraction of sp³-hybridized carbons (Fsp3) is 0.571. The van der Waals surface area contributed by atoms with Crippen molar-refractivity contribution < 1.29 is 4.92 Å². The monoisotopic (exact) mass is 263 g/mol. The maximum Gasteiger partial charge on any atom is 0.273 e. The first-order chi connectivity index (χ1) is 9.08. The fourth-order valence-electron chi connectivity index (χ4n) is 2.75. The number of nitrogens with one attached hydrogen (secondary N) is 2. The zero-order chi connectivity index (χ0) is 13.8. The quantitative estimate of drug-likeness (QED) is 0.643. The minimum Gasteiger partial charge on any atom is -0.388 e. The van der Waals surface area contributed by atoms with E-state index in [4.69, 9.17) is 0 Å². The Labute approximate surface area is 113 Å². The number of nitro groups is 1. The molecule has 2 atom stereocenters. The van der Waals surface area contributed by atoms with Crippen LogP contribution in [0.3, 0.4) is 0 Å². The Hall–Kier alpha value is -1.78. The Bertz CT molecular complexity index is 462. The highest BCUT2D eigenvalue weighted by Gasteiger charge is 2.19. The van der Waals surface area contributed by atoms with Crippen LogP contribution in [0.2, 0.25) is 0 Å². The molecule has 1 aromatic rings. The van der Waals surface area contributed by atoms with Gasteiger partial charge in [0.15, 0.2) is 0 Å². The summed E-state index contributed by atoms with van der Waals surface area (Å²) in [6.07, 6.45) is 4.79. The van der Waals surface area contributed by atoms with Gasteiger partial charge in [-0.2, -0.15) is 0 Å². The SMILES string of the molecule is CNc1cc(NC2CCCC(C)C2)cc([N+](=O)[O-])c1. The van der Waals surface area contributed by atoms with Gasteiger partial charge in [0.2, 0.25) is 0 Å². The Morgan fingerprint density at radius 3 is 2.63 bits per heavy atom. The molecule has 2 N–H and O–H groups in total. The lowest BCUT2D eigenvalue weighted by Gasteiger charge is -2.28. The van der Waals surface area contributed by atoms with E-state index in [0.717, 1.165) is 30.1 Å². The molecule has 0 spiro atoms. The van der Waals surface area contributed by atoms with Crippen molar-refractivity contribution in [2.75, 3.05) is 17.7 Å². The second-order valence-corrected chi connectivity index (χ2v) is 5.39. The van der Waals surface area contributed by atoms with Crippen molar-refractivity contribution in [3.8, 4) is 0 Å². The first-order valence-corrected chi connectivity index (χ1v) is 6.82. The molecule has 0 aromatic heterocycles. The zero-order valence-electron chi connectivity index (χ0n) is 11.5. The number of non-ortho nitro benzene ring substituents is 1. The molecule has 0 amide bonds. The number of rotatable bonds is 4. The van der Waals surface area contributed by atoms with Crippen LogP contribution in [0.15, 0.2) is 18.2 Å². The van der Waals surface area contributed by atoms with E-state index in [0.29, 0.717) is 6.04 Å². The summed E-state index contributed by atoms with van der Waals surface area (Å²) < 4.78 is 0. The molecule has 2 unspecified atom stereocenters. The van der Waals surface area contributed by atoms with Crippen LogP contribution in [0.4, 0.5) is 17.1 Å². The van der Waals surface area contributed by atoms with Gasteiger partial charge in [0.25, 0.3) is 5.69 Å². The topological polar surface area (TPSA) is 67.2 Å². The second kappa shape index (κ2) is 5.91. The lowest BCUT2D eigenvalue weighted by molar-refractivity contribution is -0.384. The van der Waals surface area contributed by atoms with Crippen molar-refractivity contribution >= 4 is 17.1 Å². The van der Waals surface area contributed by atoms with Crippen LogP contribution in [-0.2, 0) is 0 Å².